The molecule has 5 nitrogen and oxygen atoms in total. The Hall–Kier alpha value is -1.10. The molecule has 1 heterocycles. The van der Waals surface area contributed by atoms with Crippen molar-refractivity contribution in [3.8, 4) is 0 Å². The molecular formula is C12H22N2O3. The molecule has 0 saturated carbocycles. The van der Waals surface area contributed by atoms with E-state index < -0.39 is 23.7 Å². The van der Waals surface area contributed by atoms with Crippen molar-refractivity contribution < 1.29 is 14.3 Å². The van der Waals surface area contributed by atoms with Crippen LogP contribution >= 0.6 is 0 Å². The molecule has 2 atom stereocenters. The van der Waals surface area contributed by atoms with E-state index in [2.05, 4.69) is 10.6 Å². The molecule has 0 aromatic heterocycles. The number of nitrogens with one attached hydrogen (secondary N) is 2. The molecule has 1 aliphatic rings. The summed E-state index contributed by atoms with van der Waals surface area (Å²) in [6, 6.07) is -0.292. The third kappa shape index (κ3) is 3.70. The smallest absolute Gasteiger partial charge is 0.407 e. The molecule has 1 aliphatic heterocycles. The van der Waals surface area contributed by atoms with Crippen LogP contribution in [0.25, 0.3) is 0 Å². The summed E-state index contributed by atoms with van der Waals surface area (Å²) in [7, 11) is 0. The second-order valence-electron chi connectivity index (χ2n) is 5.74. The molecule has 0 radical (unpaired) electrons. The zero-order valence-corrected chi connectivity index (χ0v) is 11.2. The zero-order chi connectivity index (χ0) is 13.2. The Morgan fingerprint density at radius 1 is 1.47 bits per heavy atom. The van der Waals surface area contributed by atoms with E-state index in [1.165, 1.54) is 0 Å². The van der Waals surface area contributed by atoms with Gasteiger partial charge in [0, 0.05) is 11.5 Å². The summed E-state index contributed by atoms with van der Waals surface area (Å²) >= 11 is 0. The lowest BCUT2D eigenvalue weighted by molar-refractivity contribution is -0.130. The number of hydrogen-bond donors (Lipinski definition) is 2. The van der Waals surface area contributed by atoms with Crippen molar-refractivity contribution >= 4 is 11.9 Å². The number of Topliss-reactive ketones (excluding diaryl/α,β-unsaturated/α-hetero) is 1. The zero-order valence-electron chi connectivity index (χ0n) is 11.2. The molecule has 0 aliphatic carbocycles. The summed E-state index contributed by atoms with van der Waals surface area (Å²) in [5, 5.41) is 5.76. The number of amides is 1. The van der Waals surface area contributed by atoms with Gasteiger partial charge < -0.3 is 15.4 Å². The van der Waals surface area contributed by atoms with E-state index in [9.17, 15) is 9.59 Å². The third-order valence-electron chi connectivity index (χ3n) is 2.61. The average Bonchev–Trinajstić information content (AvgIpc) is 2.58. The van der Waals surface area contributed by atoms with Gasteiger partial charge in [-0.2, -0.15) is 0 Å². The second-order valence-corrected chi connectivity index (χ2v) is 5.74. The van der Waals surface area contributed by atoms with Crippen molar-refractivity contribution in [3.63, 3.8) is 0 Å². The minimum Gasteiger partial charge on any atom is -0.442 e. The second kappa shape index (κ2) is 5.04. The Labute approximate surface area is 102 Å². The summed E-state index contributed by atoms with van der Waals surface area (Å²) in [6.45, 7) is 9.92. The van der Waals surface area contributed by atoms with Gasteiger partial charge in [0.25, 0.3) is 0 Å². The Morgan fingerprint density at radius 2 is 2.06 bits per heavy atom. The maximum absolute atomic E-state index is 12.3. The highest BCUT2D eigenvalue weighted by atomic mass is 16.6. The summed E-state index contributed by atoms with van der Waals surface area (Å²) < 4.78 is 5.11. The van der Waals surface area contributed by atoms with Gasteiger partial charge in [-0.15, -0.1) is 0 Å². The highest BCUT2D eigenvalue weighted by molar-refractivity contribution is 5.90. The van der Waals surface area contributed by atoms with Crippen LogP contribution in [-0.2, 0) is 9.53 Å². The monoisotopic (exact) mass is 242 g/mol. The van der Waals surface area contributed by atoms with Crippen molar-refractivity contribution in [1.29, 1.82) is 0 Å². The molecule has 0 aromatic carbocycles. The van der Waals surface area contributed by atoms with Gasteiger partial charge in [0.15, 0.2) is 5.78 Å². The maximum Gasteiger partial charge on any atom is 0.407 e. The normalized spacial score (nSPS) is 22.2. The van der Waals surface area contributed by atoms with Gasteiger partial charge in [0.1, 0.15) is 12.1 Å². The van der Waals surface area contributed by atoms with Crippen molar-refractivity contribution in [2.75, 3.05) is 6.54 Å². The maximum atomic E-state index is 12.3. The molecule has 1 rings (SSSR count). The van der Waals surface area contributed by atoms with Gasteiger partial charge in [-0.05, 0) is 0 Å². The summed E-state index contributed by atoms with van der Waals surface area (Å²) in [5.74, 6) is 0.0627. The van der Waals surface area contributed by atoms with Crippen molar-refractivity contribution in [2.45, 2.75) is 52.8 Å². The standard InChI is InChI=1S/C12H22N2O3/c1-7(2)14-9(10(15)12(3,4)5)8-6-13-11(16)17-8/h7-9,14H,6H2,1-5H3,(H,13,16). The Bertz CT molecular complexity index is 307. The predicted octanol–water partition coefficient (Wildman–Crippen LogP) is 1.08. The quantitative estimate of drug-likeness (QED) is 0.774. The van der Waals surface area contributed by atoms with Crippen LogP contribution in [0.1, 0.15) is 34.6 Å². The average molecular weight is 242 g/mol. The van der Waals surface area contributed by atoms with Crippen LogP contribution in [0.15, 0.2) is 0 Å². The lowest BCUT2D eigenvalue weighted by Crippen LogP contribution is -2.53. The number of rotatable bonds is 4. The van der Waals surface area contributed by atoms with E-state index in [0.717, 1.165) is 0 Å². The van der Waals surface area contributed by atoms with Crippen LogP contribution in [0, 0.1) is 5.41 Å². The van der Waals surface area contributed by atoms with Crippen LogP contribution in [0.4, 0.5) is 4.79 Å². The minimum absolute atomic E-state index is 0.0627. The van der Waals surface area contributed by atoms with Crippen LogP contribution in [0.2, 0.25) is 0 Å². The summed E-state index contributed by atoms with van der Waals surface area (Å²) in [4.78, 5) is 23.4. The molecular weight excluding hydrogens is 220 g/mol. The molecule has 0 aromatic rings. The Morgan fingerprint density at radius 3 is 2.41 bits per heavy atom. The van der Waals surface area contributed by atoms with Gasteiger partial charge in [-0.3, -0.25) is 4.79 Å². The van der Waals surface area contributed by atoms with E-state index >= 15 is 0 Å². The van der Waals surface area contributed by atoms with E-state index in [1.807, 2.05) is 34.6 Å². The molecule has 2 N–H and O–H groups in total. The first-order chi connectivity index (χ1) is 7.71. The number of ketones is 1. The lowest BCUT2D eigenvalue weighted by atomic mass is 9.84. The van der Waals surface area contributed by atoms with E-state index in [4.69, 9.17) is 4.74 Å². The fourth-order valence-corrected chi connectivity index (χ4v) is 1.77. The highest BCUT2D eigenvalue weighted by Gasteiger charge is 2.39. The molecule has 1 amide bonds. The number of alkyl carbamates (subject to hydrolysis) is 1. The molecule has 1 fully saturated rings. The highest BCUT2D eigenvalue weighted by Crippen LogP contribution is 2.21. The number of ether oxygens (including phenoxy) is 1. The lowest BCUT2D eigenvalue weighted by Gasteiger charge is -2.29. The van der Waals surface area contributed by atoms with Gasteiger partial charge in [-0.25, -0.2) is 4.79 Å². The first kappa shape index (κ1) is 14.0. The predicted molar refractivity (Wildman–Crippen MR) is 64.8 cm³/mol. The molecule has 0 spiro atoms. The van der Waals surface area contributed by atoms with Crippen LogP contribution in [0.3, 0.4) is 0 Å². The minimum atomic E-state index is -0.457. The van der Waals surface area contributed by atoms with Crippen LogP contribution in [-0.4, -0.2) is 36.6 Å². The summed E-state index contributed by atoms with van der Waals surface area (Å²) in [6.07, 6.45) is -0.871. The molecule has 98 valence electrons. The fourth-order valence-electron chi connectivity index (χ4n) is 1.77. The SMILES string of the molecule is CC(C)NC(C(=O)C(C)(C)C)C1CNC(=O)O1. The molecule has 17 heavy (non-hydrogen) atoms. The van der Waals surface area contributed by atoms with Crippen molar-refractivity contribution in [3.05, 3.63) is 0 Å². The molecule has 1 saturated heterocycles. The van der Waals surface area contributed by atoms with E-state index in [-0.39, 0.29) is 11.8 Å². The van der Waals surface area contributed by atoms with Gasteiger partial charge >= 0.3 is 6.09 Å². The molecule has 2 unspecified atom stereocenters. The van der Waals surface area contributed by atoms with Gasteiger partial charge in [0.05, 0.1) is 6.54 Å². The van der Waals surface area contributed by atoms with Crippen LogP contribution < -0.4 is 10.6 Å². The number of cyclic esters (lactones) is 1. The number of carbonyl (C=O) groups excluding carboxylic acids is 2. The Balaban J connectivity index is 2.80. The number of hydrogen-bond acceptors (Lipinski definition) is 4. The number of carbonyl (C=O) groups is 2. The first-order valence-corrected chi connectivity index (χ1v) is 5.96. The largest absolute Gasteiger partial charge is 0.442 e. The molecule has 5 heteroatoms. The summed E-state index contributed by atoms with van der Waals surface area (Å²) in [5.41, 5.74) is -0.457. The fraction of sp³-hybridized carbons (Fsp3) is 0.833. The first-order valence-electron chi connectivity index (χ1n) is 5.96. The van der Waals surface area contributed by atoms with Crippen molar-refractivity contribution in [2.24, 2.45) is 5.41 Å². The van der Waals surface area contributed by atoms with Gasteiger partial charge in [0.2, 0.25) is 0 Å². The van der Waals surface area contributed by atoms with E-state index in [1.54, 1.807) is 0 Å². The Kier molecular flexibility index (Phi) is 4.14. The van der Waals surface area contributed by atoms with E-state index in [0.29, 0.717) is 6.54 Å². The van der Waals surface area contributed by atoms with Crippen molar-refractivity contribution in [1.82, 2.24) is 10.6 Å². The van der Waals surface area contributed by atoms with Gasteiger partial charge in [-0.1, -0.05) is 34.6 Å². The molecule has 0 bridgehead atoms. The third-order valence-corrected chi connectivity index (χ3v) is 2.61. The van der Waals surface area contributed by atoms with Crippen LogP contribution in [0.5, 0.6) is 0 Å². The topological polar surface area (TPSA) is 67.4 Å².